The highest BCUT2D eigenvalue weighted by molar-refractivity contribution is 5.64. The van der Waals surface area contributed by atoms with Gasteiger partial charge >= 0.3 is 11.4 Å². The minimum Gasteiger partial charge on any atom is -0.497 e. The van der Waals surface area contributed by atoms with Crippen molar-refractivity contribution in [1.29, 1.82) is 0 Å². The smallest absolute Gasteiger partial charge is 0.324 e. The molecular weight excluding hydrogens is 252 g/mol. The van der Waals surface area contributed by atoms with E-state index >= 15 is 0 Å². The highest BCUT2D eigenvalue weighted by Crippen LogP contribution is 2.38. The van der Waals surface area contributed by atoms with Gasteiger partial charge in [0.1, 0.15) is 0 Å². The number of nitro groups is 3. The first kappa shape index (κ1) is 15.2. The van der Waals surface area contributed by atoms with Gasteiger partial charge in [0.25, 0.3) is 11.4 Å². The van der Waals surface area contributed by atoms with Crippen LogP contribution in [-0.4, -0.2) is 26.9 Å². The van der Waals surface area contributed by atoms with E-state index in [-0.39, 0.29) is 0 Å². The molecule has 0 aliphatic carbocycles. The van der Waals surface area contributed by atoms with Crippen molar-refractivity contribution < 1.29 is 19.9 Å². The summed E-state index contributed by atoms with van der Waals surface area (Å²) >= 11 is 0. The van der Waals surface area contributed by atoms with Gasteiger partial charge in [-0.2, -0.15) is 0 Å². The molecule has 0 fully saturated rings. The zero-order valence-corrected chi connectivity index (χ0v) is 8.97. The topological polar surface area (TPSA) is 176 Å². The second-order valence-corrected chi connectivity index (χ2v) is 2.60. The van der Waals surface area contributed by atoms with Gasteiger partial charge in [0.2, 0.25) is 0 Å². The Hall–Kier alpha value is -2.82. The van der Waals surface area contributed by atoms with Crippen LogP contribution in [0.1, 0.15) is 0 Å². The molecule has 0 amide bonds. The van der Waals surface area contributed by atoms with Crippen molar-refractivity contribution in [2.75, 3.05) is 7.05 Å². The largest absolute Gasteiger partial charge is 0.497 e. The van der Waals surface area contributed by atoms with E-state index in [1.807, 2.05) is 0 Å². The number of non-ortho nitro benzene ring substituents is 1. The first-order valence-corrected chi connectivity index (χ1v) is 4.22. The van der Waals surface area contributed by atoms with E-state index in [2.05, 4.69) is 5.73 Å². The van der Waals surface area contributed by atoms with Crippen molar-refractivity contribution >= 4 is 17.1 Å². The second kappa shape index (κ2) is 6.05. The maximum absolute atomic E-state index is 10.4. The Bertz CT molecular complexity index is 466. The molecule has 98 valence electrons. The second-order valence-electron chi connectivity index (χ2n) is 2.60. The summed E-state index contributed by atoms with van der Waals surface area (Å²) in [4.78, 5) is 27.8. The fourth-order valence-electron chi connectivity index (χ4n) is 0.974. The molecule has 0 aromatic heterocycles. The van der Waals surface area contributed by atoms with Crippen LogP contribution in [0.5, 0.6) is 5.75 Å². The minimum absolute atomic E-state index is 0.447. The SMILES string of the molecule is CN.O=[N+]([O-])c1cc([N+](=O)[O-])c(O)c([N+](=O)[O-])c1. The number of phenolic OH excluding ortho intramolecular Hbond substituents is 1. The lowest BCUT2D eigenvalue weighted by molar-refractivity contribution is -0.404. The van der Waals surface area contributed by atoms with E-state index in [4.69, 9.17) is 5.11 Å². The third kappa shape index (κ3) is 3.08. The fourth-order valence-corrected chi connectivity index (χ4v) is 0.974. The number of aromatic hydroxyl groups is 1. The number of nitro benzene ring substituents is 3. The van der Waals surface area contributed by atoms with Gasteiger partial charge in [-0.05, 0) is 7.05 Å². The zero-order chi connectivity index (χ0) is 14.5. The van der Waals surface area contributed by atoms with Gasteiger partial charge in [-0.3, -0.25) is 30.3 Å². The van der Waals surface area contributed by atoms with Crippen LogP contribution in [0.3, 0.4) is 0 Å². The van der Waals surface area contributed by atoms with Gasteiger partial charge in [-0.1, -0.05) is 0 Å². The Kier molecular flexibility index (Phi) is 5.10. The molecule has 3 N–H and O–H groups in total. The zero-order valence-electron chi connectivity index (χ0n) is 8.97. The molecule has 11 nitrogen and oxygen atoms in total. The molecular formula is C7H8N4O7. The lowest BCUT2D eigenvalue weighted by Gasteiger charge is -1.97. The Morgan fingerprint density at radius 2 is 1.28 bits per heavy atom. The Labute approximate surface area is 98.9 Å². The lowest BCUT2D eigenvalue weighted by atomic mass is 10.2. The summed E-state index contributed by atoms with van der Waals surface area (Å²) in [7, 11) is 1.50. The van der Waals surface area contributed by atoms with E-state index in [0.717, 1.165) is 0 Å². The first-order chi connectivity index (χ1) is 8.34. The van der Waals surface area contributed by atoms with Crippen LogP contribution >= 0.6 is 0 Å². The van der Waals surface area contributed by atoms with Crippen molar-refractivity contribution in [1.82, 2.24) is 0 Å². The quantitative estimate of drug-likeness (QED) is 0.588. The monoisotopic (exact) mass is 260 g/mol. The molecule has 1 aromatic rings. The lowest BCUT2D eigenvalue weighted by Crippen LogP contribution is -1.97. The average molecular weight is 260 g/mol. The molecule has 1 aromatic carbocycles. The van der Waals surface area contributed by atoms with Crippen molar-refractivity contribution in [2.24, 2.45) is 5.73 Å². The predicted molar refractivity (Wildman–Crippen MR) is 58.2 cm³/mol. The van der Waals surface area contributed by atoms with Crippen LogP contribution in [0.25, 0.3) is 0 Å². The van der Waals surface area contributed by atoms with E-state index in [9.17, 15) is 30.3 Å². The molecule has 18 heavy (non-hydrogen) atoms. The van der Waals surface area contributed by atoms with Crippen molar-refractivity contribution in [3.05, 3.63) is 42.5 Å². The van der Waals surface area contributed by atoms with Crippen LogP contribution in [0, 0.1) is 30.3 Å². The van der Waals surface area contributed by atoms with Gasteiger partial charge in [0.15, 0.2) is 0 Å². The van der Waals surface area contributed by atoms with Gasteiger partial charge in [0.05, 0.1) is 26.9 Å². The highest BCUT2D eigenvalue weighted by Gasteiger charge is 2.29. The number of hydrogen-bond donors (Lipinski definition) is 2. The average Bonchev–Trinajstić information content (AvgIpc) is 2.30. The summed E-state index contributed by atoms with van der Waals surface area (Å²) in [6, 6.07) is 0.894. The molecule has 0 saturated heterocycles. The van der Waals surface area contributed by atoms with Crippen LogP contribution in [0.4, 0.5) is 17.1 Å². The van der Waals surface area contributed by atoms with E-state index in [1.165, 1.54) is 7.05 Å². The van der Waals surface area contributed by atoms with E-state index in [1.54, 1.807) is 0 Å². The molecule has 1 rings (SSSR count). The molecule has 0 aliphatic heterocycles. The normalized spacial score (nSPS) is 9.00. The number of benzene rings is 1. The molecule has 0 spiro atoms. The van der Waals surface area contributed by atoms with Crippen molar-refractivity contribution in [3.8, 4) is 5.75 Å². The van der Waals surface area contributed by atoms with Crippen LogP contribution in [0.15, 0.2) is 12.1 Å². The molecule has 0 heterocycles. The maximum atomic E-state index is 10.4. The Morgan fingerprint density at radius 1 is 0.944 bits per heavy atom. The van der Waals surface area contributed by atoms with Gasteiger partial charge in [0, 0.05) is 0 Å². The molecule has 0 radical (unpaired) electrons. The Balaban J connectivity index is 0.00000137. The number of phenols is 1. The van der Waals surface area contributed by atoms with E-state index in [0.29, 0.717) is 12.1 Å². The molecule has 0 saturated carbocycles. The van der Waals surface area contributed by atoms with Crippen molar-refractivity contribution in [2.45, 2.75) is 0 Å². The molecule has 0 unspecified atom stereocenters. The number of nitrogens with two attached hydrogens (primary N) is 1. The summed E-state index contributed by atoms with van der Waals surface area (Å²) in [5.41, 5.74) is 1.50. The summed E-state index contributed by atoms with van der Waals surface area (Å²) < 4.78 is 0. The minimum atomic E-state index is -1.21. The van der Waals surface area contributed by atoms with Gasteiger partial charge < -0.3 is 10.8 Å². The summed E-state index contributed by atoms with van der Waals surface area (Å²) in [6.45, 7) is 0. The van der Waals surface area contributed by atoms with Crippen LogP contribution in [0.2, 0.25) is 0 Å². The maximum Gasteiger partial charge on any atom is 0.324 e. The molecule has 0 bridgehead atoms. The number of rotatable bonds is 3. The standard InChI is InChI=1S/C6H3N3O7.CH5N/c10-6-4(8(13)14)1-3(7(11)12)2-5(6)9(15)16;1-2/h1-2,10H;2H2,1H3. The van der Waals surface area contributed by atoms with Gasteiger partial charge in [-0.25, -0.2) is 0 Å². The summed E-state index contributed by atoms with van der Waals surface area (Å²) in [6.07, 6.45) is 0. The van der Waals surface area contributed by atoms with Crippen LogP contribution in [-0.2, 0) is 0 Å². The highest BCUT2D eigenvalue weighted by atomic mass is 16.6. The summed E-state index contributed by atoms with van der Waals surface area (Å²) in [5.74, 6) is -1.21. The van der Waals surface area contributed by atoms with Crippen LogP contribution < -0.4 is 5.73 Å². The Morgan fingerprint density at radius 3 is 1.50 bits per heavy atom. The van der Waals surface area contributed by atoms with Gasteiger partial charge in [-0.15, -0.1) is 0 Å². The predicted octanol–water partition coefficient (Wildman–Crippen LogP) is 0.692. The first-order valence-electron chi connectivity index (χ1n) is 4.22. The molecule has 11 heteroatoms. The number of nitrogens with zero attached hydrogens (tertiary/aromatic N) is 3. The third-order valence-corrected chi connectivity index (χ3v) is 1.66. The van der Waals surface area contributed by atoms with Crippen molar-refractivity contribution in [3.63, 3.8) is 0 Å². The summed E-state index contributed by atoms with van der Waals surface area (Å²) in [5, 5.41) is 40.2. The molecule has 0 atom stereocenters. The molecule has 0 aliphatic rings. The number of hydrogen-bond acceptors (Lipinski definition) is 8. The van der Waals surface area contributed by atoms with E-state index < -0.39 is 37.6 Å². The fraction of sp³-hybridized carbons (Fsp3) is 0.143. The third-order valence-electron chi connectivity index (χ3n) is 1.66.